The summed E-state index contributed by atoms with van der Waals surface area (Å²) in [5.74, 6) is -0.696. The topological polar surface area (TPSA) is 62.1 Å². The molecule has 1 aromatic rings. The first-order chi connectivity index (χ1) is 8.70. The molecule has 1 aromatic carbocycles. The van der Waals surface area contributed by atoms with Gasteiger partial charge in [-0.2, -0.15) is 5.26 Å². The number of halogens is 1. The van der Waals surface area contributed by atoms with Crippen LogP contribution in [0.25, 0.3) is 0 Å². The molecule has 0 aliphatic carbocycles. The molecule has 1 unspecified atom stereocenters. The molecular formula is C13H13FN2O2. The summed E-state index contributed by atoms with van der Waals surface area (Å²) in [5.41, 5.74) is 0.627. The van der Waals surface area contributed by atoms with E-state index in [0.717, 1.165) is 12.5 Å². The molecule has 1 aliphatic heterocycles. The molecule has 1 heterocycles. The molecule has 0 saturated carbocycles. The van der Waals surface area contributed by atoms with E-state index in [9.17, 15) is 9.18 Å². The van der Waals surface area contributed by atoms with Crippen LogP contribution in [0.15, 0.2) is 18.2 Å². The van der Waals surface area contributed by atoms with Crippen molar-refractivity contribution in [2.75, 3.05) is 6.61 Å². The number of amides is 1. The van der Waals surface area contributed by atoms with Gasteiger partial charge in [-0.25, -0.2) is 4.39 Å². The third-order valence-electron chi connectivity index (χ3n) is 2.86. The van der Waals surface area contributed by atoms with E-state index in [4.69, 9.17) is 10.00 Å². The molecule has 5 heteroatoms. The lowest BCUT2D eigenvalue weighted by Crippen LogP contribution is -2.33. The Morgan fingerprint density at radius 3 is 3.06 bits per heavy atom. The van der Waals surface area contributed by atoms with Gasteiger partial charge in [0, 0.05) is 18.7 Å². The highest BCUT2D eigenvalue weighted by Crippen LogP contribution is 2.13. The van der Waals surface area contributed by atoms with Crippen LogP contribution in [-0.4, -0.2) is 18.6 Å². The van der Waals surface area contributed by atoms with E-state index >= 15 is 0 Å². The zero-order valence-corrected chi connectivity index (χ0v) is 9.78. The van der Waals surface area contributed by atoms with Gasteiger partial charge >= 0.3 is 0 Å². The second-order valence-electron chi connectivity index (χ2n) is 4.14. The van der Waals surface area contributed by atoms with Crippen molar-refractivity contribution in [1.29, 1.82) is 5.26 Å². The van der Waals surface area contributed by atoms with E-state index in [-0.39, 0.29) is 18.0 Å². The Bertz CT molecular complexity index is 490. The largest absolute Gasteiger partial charge is 0.368 e. The molecule has 1 saturated heterocycles. The van der Waals surface area contributed by atoms with Crippen molar-refractivity contribution >= 4 is 5.91 Å². The monoisotopic (exact) mass is 248 g/mol. The van der Waals surface area contributed by atoms with Crippen molar-refractivity contribution in [3.8, 4) is 6.07 Å². The van der Waals surface area contributed by atoms with Gasteiger partial charge in [-0.1, -0.05) is 6.07 Å². The molecule has 0 bridgehead atoms. The summed E-state index contributed by atoms with van der Waals surface area (Å²) in [6.07, 6.45) is 1.18. The number of nitriles is 1. The number of rotatable bonds is 3. The molecule has 4 nitrogen and oxygen atoms in total. The van der Waals surface area contributed by atoms with Crippen molar-refractivity contribution in [3.05, 3.63) is 35.1 Å². The van der Waals surface area contributed by atoms with Crippen LogP contribution < -0.4 is 5.32 Å². The summed E-state index contributed by atoms with van der Waals surface area (Å²) in [6.45, 7) is 0.708. The summed E-state index contributed by atoms with van der Waals surface area (Å²) < 4.78 is 18.8. The average molecular weight is 248 g/mol. The van der Waals surface area contributed by atoms with Crippen LogP contribution in [0.4, 0.5) is 4.39 Å². The van der Waals surface area contributed by atoms with Crippen molar-refractivity contribution in [2.24, 2.45) is 0 Å². The minimum absolute atomic E-state index is 0.107. The lowest BCUT2D eigenvalue weighted by atomic mass is 10.1. The maximum atomic E-state index is 13.5. The average Bonchev–Trinajstić information content (AvgIpc) is 2.90. The van der Waals surface area contributed by atoms with Gasteiger partial charge in [-0.3, -0.25) is 4.79 Å². The van der Waals surface area contributed by atoms with Gasteiger partial charge in [0.05, 0.1) is 11.6 Å². The smallest absolute Gasteiger partial charge is 0.249 e. The Morgan fingerprint density at radius 1 is 1.61 bits per heavy atom. The molecule has 0 radical (unpaired) electrons. The summed E-state index contributed by atoms with van der Waals surface area (Å²) in [7, 11) is 0. The van der Waals surface area contributed by atoms with Crippen LogP contribution >= 0.6 is 0 Å². The molecule has 1 atom stereocenters. The SMILES string of the molecule is N#Cc1ccc(CNC(=O)C2CCCO2)c(F)c1. The van der Waals surface area contributed by atoms with Crippen molar-refractivity contribution in [3.63, 3.8) is 0 Å². The van der Waals surface area contributed by atoms with E-state index < -0.39 is 11.9 Å². The maximum Gasteiger partial charge on any atom is 0.249 e. The zero-order chi connectivity index (χ0) is 13.0. The van der Waals surface area contributed by atoms with Crippen LogP contribution in [0.2, 0.25) is 0 Å². The van der Waals surface area contributed by atoms with Gasteiger partial charge in [-0.15, -0.1) is 0 Å². The summed E-state index contributed by atoms with van der Waals surface area (Å²) >= 11 is 0. The normalized spacial score (nSPS) is 18.3. The molecule has 1 aliphatic rings. The first kappa shape index (κ1) is 12.5. The lowest BCUT2D eigenvalue weighted by molar-refractivity contribution is -0.130. The zero-order valence-electron chi connectivity index (χ0n) is 9.78. The molecule has 2 rings (SSSR count). The predicted octanol–water partition coefficient (Wildman–Crippen LogP) is 1.49. The van der Waals surface area contributed by atoms with Crippen LogP contribution in [0.3, 0.4) is 0 Å². The third kappa shape index (κ3) is 2.84. The fraction of sp³-hybridized carbons (Fsp3) is 0.385. The van der Waals surface area contributed by atoms with E-state index in [1.54, 1.807) is 0 Å². The first-order valence-electron chi connectivity index (χ1n) is 5.78. The molecule has 1 amide bonds. The van der Waals surface area contributed by atoms with Gasteiger partial charge in [0.1, 0.15) is 11.9 Å². The Morgan fingerprint density at radius 2 is 2.44 bits per heavy atom. The van der Waals surface area contributed by atoms with Gasteiger partial charge < -0.3 is 10.1 Å². The summed E-state index contributed by atoms with van der Waals surface area (Å²) in [4.78, 5) is 11.6. The third-order valence-corrected chi connectivity index (χ3v) is 2.86. The molecule has 1 fully saturated rings. The summed E-state index contributed by atoms with van der Waals surface area (Å²) in [5, 5.41) is 11.2. The van der Waals surface area contributed by atoms with Crippen LogP contribution in [0.5, 0.6) is 0 Å². The second kappa shape index (κ2) is 5.61. The predicted molar refractivity (Wildman–Crippen MR) is 61.9 cm³/mol. The fourth-order valence-electron chi connectivity index (χ4n) is 1.84. The minimum atomic E-state index is -0.485. The highest BCUT2D eigenvalue weighted by atomic mass is 19.1. The standard InChI is InChI=1S/C13H13FN2O2/c14-11-6-9(7-15)3-4-10(11)8-16-13(17)12-2-1-5-18-12/h3-4,6,12H,1-2,5,8H2,(H,16,17). The Kier molecular flexibility index (Phi) is 3.90. The van der Waals surface area contributed by atoms with Gasteiger partial charge in [0.25, 0.3) is 0 Å². The first-order valence-corrected chi connectivity index (χ1v) is 5.78. The van der Waals surface area contributed by atoms with Gasteiger partial charge in [-0.05, 0) is 25.0 Å². The highest BCUT2D eigenvalue weighted by molar-refractivity contribution is 5.80. The van der Waals surface area contributed by atoms with Crippen LogP contribution in [-0.2, 0) is 16.1 Å². The number of hydrogen-bond acceptors (Lipinski definition) is 3. The number of nitrogens with one attached hydrogen (secondary N) is 1. The van der Waals surface area contributed by atoms with Gasteiger partial charge in [0.2, 0.25) is 5.91 Å². The van der Waals surface area contributed by atoms with E-state index in [1.807, 2.05) is 6.07 Å². The number of carbonyl (C=O) groups is 1. The Balaban J connectivity index is 1.94. The fourth-order valence-corrected chi connectivity index (χ4v) is 1.84. The Hall–Kier alpha value is -1.93. The number of benzene rings is 1. The van der Waals surface area contributed by atoms with Gasteiger partial charge in [0.15, 0.2) is 0 Å². The van der Waals surface area contributed by atoms with E-state index in [1.165, 1.54) is 12.1 Å². The lowest BCUT2D eigenvalue weighted by Gasteiger charge is -2.10. The minimum Gasteiger partial charge on any atom is -0.368 e. The number of nitrogens with zero attached hydrogens (tertiary/aromatic N) is 1. The van der Waals surface area contributed by atoms with Crippen LogP contribution in [0.1, 0.15) is 24.0 Å². The van der Waals surface area contributed by atoms with Crippen molar-refractivity contribution < 1.29 is 13.9 Å². The number of ether oxygens (including phenoxy) is 1. The van der Waals surface area contributed by atoms with E-state index in [2.05, 4.69) is 5.32 Å². The molecule has 0 aromatic heterocycles. The number of hydrogen-bond donors (Lipinski definition) is 1. The summed E-state index contributed by atoms with van der Waals surface area (Å²) in [6, 6.07) is 6.05. The second-order valence-corrected chi connectivity index (χ2v) is 4.14. The molecular weight excluding hydrogens is 235 g/mol. The molecule has 0 spiro atoms. The quantitative estimate of drug-likeness (QED) is 0.881. The molecule has 94 valence electrons. The van der Waals surface area contributed by atoms with Crippen molar-refractivity contribution in [2.45, 2.75) is 25.5 Å². The Labute approximate surface area is 104 Å². The molecule has 1 N–H and O–H groups in total. The molecule has 18 heavy (non-hydrogen) atoms. The van der Waals surface area contributed by atoms with Crippen LogP contribution in [0, 0.1) is 17.1 Å². The van der Waals surface area contributed by atoms with E-state index in [0.29, 0.717) is 18.6 Å². The van der Waals surface area contributed by atoms with Crippen molar-refractivity contribution in [1.82, 2.24) is 5.32 Å². The maximum absolute atomic E-state index is 13.5. The number of carbonyl (C=O) groups excluding carboxylic acids is 1. The highest BCUT2D eigenvalue weighted by Gasteiger charge is 2.23.